The number of fused-ring (bicyclic) bond motifs is 1. The molecule has 4 N–H and O–H groups in total. The van der Waals surface area contributed by atoms with E-state index in [-0.39, 0.29) is 11.6 Å². The second-order valence-corrected chi connectivity index (χ2v) is 4.04. The number of carbonyl (C=O) groups is 1. The Morgan fingerprint density at radius 1 is 1.26 bits per heavy atom. The van der Waals surface area contributed by atoms with Gasteiger partial charge in [0, 0.05) is 11.6 Å². The number of nitrogens with two attached hydrogens (primary N) is 1. The van der Waals surface area contributed by atoms with Crippen molar-refractivity contribution in [2.45, 2.75) is 0 Å². The van der Waals surface area contributed by atoms with Gasteiger partial charge in [-0.05, 0) is 12.1 Å². The molecule has 94 valence electrons. The molecule has 3 rings (SSSR count). The van der Waals surface area contributed by atoms with Crippen LogP contribution in [0.15, 0.2) is 42.7 Å². The van der Waals surface area contributed by atoms with Crippen LogP contribution in [0.5, 0.6) is 0 Å². The highest BCUT2D eigenvalue weighted by atomic mass is 16.2. The van der Waals surface area contributed by atoms with E-state index in [0.717, 1.165) is 10.9 Å². The van der Waals surface area contributed by atoms with Crippen molar-refractivity contribution < 1.29 is 4.79 Å². The van der Waals surface area contributed by atoms with Gasteiger partial charge in [-0.25, -0.2) is 0 Å². The van der Waals surface area contributed by atoms with Gasteiger partial charge in [-0.15, -0.1) is 0 Å². The Balaban J connectivity index is 1.98. The zero-order valence-electron chi connectivity index (χ0n) is 9.92. The van der Waals surface area contributed by atoms with E-state index in [4.69, 9.17) is 5.73 Å². The van der Waals surface area contributed by atoms with Crippen molar-refractivity contribution in [1.82, 2.24) is 15.2 Å². The predicted octanol–water partition coefficient (Wildman–Crippen LogP) is 1.79. The van der Waals surface area contributed by atoms with Crippen LogP contribution in [0, 0.1) is 0 Å². The number of rotatable bonds is 2. The van der Waals surface area contributed by atoms with Crippen LogP contribution in [0.1, 0.15) is 10.5 Å². The lowest BCUT2D eigenvalue weighted by Crippen LogP contribution is -2.14. The van der Waals surface area contributed by atoms with Crippen LogP contribution in [0.25, 0.3) is 10.9 Å². The molecule has 1 amide bonds. The fourth-order valence-electron chi connectivity index (χ4n) is 1.87. The molecule has 2 heterocycles. The summed E-state index contributed by atoms with van der Waals surface area (Å²) < 4.78 is 0. The number of benzene rings is 1. The van der Waals surface area contributed by atoms with Crippen molar-refractivity contribution >= 4 is 28.2 Å². The van der Waals surface area contributed by atoms with Crippen molar-refractivity contribution in [2.24, 2.45) is 0 Å². The average Bonchev–Trinajstić information content (AvgIpc) is 2.85. The first-order valence-electron chi connectivity index (χ1n) is 5.69. The summed E-state index contributed by atoms with van der Waals surface area (Å²) in [4.78, 5) is 16.3. The quantitative estimate of drug-likeness (QED) is 0.648. The number of carbonyl (C=O) groups excluding carboxylic acids is 1. The Morgan fingerprint density at radius 3 is 2.89 bits per heavy atom. The maximum atomic E-state index is 12.0. The zero-order chi connectivity index (χ0) is 13.2. The molecule has 0 atom stereocenters. The van der Waals surface area contributed by atoms with Gasteiger partial charge < -0.3 is 11.1 Å². The summed E-state index contributed by atoms with van der Waals surface area (Å²) in [5.74, 6) is -0.340. The first-order valence-corrected chi connectivity index (χ1v) is 5.69. The van der Waals surface area contributed by atoms with Crippen LogP contribution in [-0.4, -0.2) is 21.1 Å². The normalized spacial score (nSPS) is 10.5. The number of hydrogen-bond donors (Lipinski definition) is 3. The highest BCUT2D eigenvalue weighted by molar-refractivity contribution is 6.09. The summed E-state index contributed by atoms with van der Waals surface area (Å²) >= 11 is 0. The third kappa shape index (κ3) is 1.99. The molecule has 0 radical (unpaired) electrons. The number of pyridine rings is 1. The van der Waals surface area contributed by atoms with E-state index in [1.54, 1.807) is 12.3 Å². The molecule has 0 aliphatic heterocycles. The van der Waals surface area contributed by atoms with Crippen molar-refractivity contribution in [2.75, 3.05) is 11.1 Å². The number of para-hydroxylation sites is 1. The van der Waals surface area contributed by atoms with Gasteiger partial charge >= 0.3 is 0 Å². The SMILES string of the molecule is Nc1cn[nH]c1C(=O)Nc1cccc2cccnc12. The Bertz CT molecular complexity index is 744. The fourth-order valence-corrected chi connectivity index (χ4v) is 1.87. The van der Waals surface area contributed by atoms with Crippen molar-refractivity contribution in [1.29, 1.82) is 0 Å². The summed E-state index contributed by atoms with van der Waals surface area (Å²) in [6, 6.07) is 9.36. The molecule has 0 spiro atoms. The second kappa shape index (κ2) is 4.41. The third-order valence-electron chi connectivity index (χ3n) is 2.78. The monoisotopic (exact) mass is 253 g/mol. The molecule has 3 aromatic rings. The number of aromatic nitrogens is 3. The molecule has 0 aliphatic carbocycles. The maximum absolute atomic E-state index is 12.0. The molecular formula is C13H11N5O. The van der Waals surface area contributed by atoms with Crippen LogP contribution in [-0.2, 0) is 0 Å². The smallest absolute Gasteiger partial charge is 0.275 e. The molecule has 0 fully saturated rings. The minimum atomic E-state index is -0.340. The van der Waals surface area contributed by atoms with Gasteiger partial charge in [-0.1, -0.05) is 18.2 Å². The van der Waals surface area contributed by atoms with E-state index in [1.807, 2.05) is 24.3 Å². The number of anilines is 2. The van der Waals surface area contributed by atoms with E-state index in [2.05, 4.69) is 20.5 Å². The Labute approximate surface area is 108 Å². The summed E-state index contributed by atoms with van der Waals surface area (Å²) in [6.07, 6.45) is 3.08. The van der Waals surface area contributed by atoms with Gasteiger partial charge in [0.1, 0.15) is 5.69 Å². The van der Waals surface area contributed by atoms with Crippen LogP contribution in [0.3, 0.4) is 0 Å². The van der Waals surface area contributed by atoms with Crippen LogP contribution < -0.4 is 11.1 Å². The van der Waals surface area contributed by atoms with Crippen LogP contribution in [0.4, 0.5) is 11.4 Å². The first kappa shape index (κ1) is 11.2. The molecular weight excluding hydrogens is 242 g/mol. The molecule has 0 saturated carbocycles. The summed E-state index contributed by atoms with van der Waals surface area (Å²) in [6.45, 7) is 0. The number of nitrogens with zero attached hydrogens (tertiary/aromatic N) is 2. The lowest BCUT2D eigenvalue weighted by molar-refractivity contribution is 0.102. The fraction of sp³-hybridized carbons (Fsp3) is 0. The molecule has 0 aliphatic rings. The molecule has 1 aromatic carbocycles. The molecule has 0 saturated heterocycles. The number of aromatic amines is 1. The van der Waals surface area contributed by atoms with Gasteiger partial charge in [-0.3, -0.25) is 14.9 Å². The summed E-state index contributed by atoms with van der Waals surface area (Å²) in [7, 11) is 0. The van der Waals surface area contributed by atoms with E-state index in [1.165, 1.54) is 6.20 Å². The number of nitrogen functional groups attached to an aromatic ring is 1. The third-order valence-corrected chi connectivity index (χ3v) is 2.78. The minimum absolute atomic E-state index is 0.243. The Kier molecular flexibility index (Phi) is 2.60. The van der Waals surface area contributed by atoms with E-state index >= 15 is 0 Å². The molecule has 0 bridgehead atoms. The number of H-pyrrole nitrogens is 1. The average molecular weight is 253 g/mol. The largest absolute Gasteiger partial charge is 0.396 e. The highest BCUT2D eigenvalue weighted by Crippen LogP contribution is 2.21. The molecule has 6 heteroatoms. The number of amides is 1. The topological polar surface area (TPSA) is 96.7 Å². The van der Waals surface area contributed by atoms with Crippen LogP contribution in [0.2, 0.25) is 0 Å². The number of hydrogen-bond acceptors (Lipinski definition) is 4. The highest BCUT2D eigenvalue weighted by Gasteiger charge is 2.13. The zero-order valence-corrected chi connectivity index (χ0v) is 9.92. The van der Waals surface area contributed by atoms with Crippen molar-refractivity contribution in [3.05, 3.63) is 48.4 Å². The molecule has 0 unspecified atom stereocenters. The minimum Gasteiger partial charge on any atom is -0.396 e. The van der Waals surface area contributed by atoms with Gasteiger partial charge in [0.2, 0.25) is 0 Å². The Hall–Kier alpha value is -2.89. The maximum Gasteiger partial charge on any atom is 0.275 e. The molecule has 2 aromatic heterocycles. The summed E-state index contributed by atoms with van der Waals surface area (Å²) in [5.41, 5.74) is 7.56. The molecule has 6 nitrogen and oxygen atoms in total. The standard InChI is InChI=1S/C13H11N5O/c14-9-7-16-18-12(9)13(19)17-10-5-1-3-8-4-2-6-15-11(8)10/h1-7H,14H2,(H,16,18)(H,17,19). The van der Waals surface area contributed by atoms with Crippen molar-refractivity contribution in [3.8, 4) is 0 Å². The first-order chi connectivity index (χ1) is 9.25. The lowest BCUT2D eigenvalue weighted by atomic mass is 10.2. The van der Waals surface area contributed by atoms with E-state index < -0.39 is 0 Å². The number of nitrogens with one attached hydrogen (secondary N) is 2. The second-order valence-electron chi connectivity index (χ2n) is 4.04. The van der Waals surface area contributed by atoms with Crippen LogP contribution >= 0.6 is 0 Å². The van der Waals surface area contributed by atoms with Gasteiger partial charge in [0.05, 0.1) is 23.1 Å². The summed E-state index contributed by atoms with van der Waals surface area (Å²) in [5, 5.41) is 10.0. The van der Waals surface area contributed by atoms with E-state index in [0.29, 0.717) is 11.4 Å². The lowest BCUT2D eigenvalue weighted by Gasteiger charge is -2.07. The van der Waals surface area contributed by atoms with Gasteiger partial charge in [0.15, 0.2) is 0 Å². The molecule has 19 heavy (non-hydrogen) atoms. The van der Waals surface area contributed by atoms with E-state index in [9.17, 15) is 4.79 Å². The van der Waals surface area contributed by atoms with Crippen molar-refractivity contribution in [3.63, 3.8) is 0 Å². The van der Waals surface area contributed by atoms with Gasteiger partial charge in [-0.2, -0.15) is 5.10 Å². The predicted molar refractivity (Wildman–Crippen MR) is 72.7 cm³/mol. The van der Waals surface area contributed by atoms with Gasteiger partial charge in [0.25, 0.3) is 5.91 Å². The Morgan fingerprint density at radius 2 is 2.11 bits per heavy atom.